The van der Waals surface area contributed by atoms with Crippen LogP contribution >= 0.6 is 0 Å². The molecule has 1 aromatic rings. The Balaban J connectivity index is 2.19. The second kappa shape index (κ2) is 5.38. The topological polar surface area (TPSA) is 54.3 Å². The lowest BCUT2D eigenvalue weighted by molar-refractivity contribution is -0.127. The van der Waals surface area contributed by atoms with Gasteiger partial charge in [0, 0.05) is 19.3 Å². The van der Waals surface area contributed by atoms with Crippen molar-refractivity contribution in [3.63, 3.8) is 0 Å². The molecule has 1 saturated heterocycles. The van der Waals surface area contributed by atoms with Gasteiger partial charge in [0.25, 0.3) is 12.3 Å². The van der Waals surface area contributed by atoms with Gasteiger partial charge in [0.05, 0.1) is 6.54 Å². The van der Waals surface area contributed by atoms with Gasteiger partial charge in [0.1, 0.15) is 11.7 Å². The largest absolute Gasteiger partial charge is 0.353 e. The Morgan fingerprint density at radius 2 is 2.32 bits per heavy atom. The first-order valence-electron chi connectivity index (χ1n) is 6.02. The molecule has 0 spiro atoms. The number of aromatic nitrogens is 1. The van der Waals surface area contributed by atoms with Crippen LogP contribution in [0.1, 0.15) is 17.4 Å². The molecule has 1 atom stereocenters. The summed E-state index contributed by atoms with van der Waals surface area (Å²) in [6, 6.07) is 2.45. The molecule has 2 rings (SSSR count). The van der Waals surface area contributed by atoms with Gasteiger partial charge in [-0.2, -0.15) is 0 Å². The van der Waals surface area contributed by atoms with E-state index in [0.29, 0.717) is 13.1 Å². The minimum absolute atomic E-state index is 0.182. The van der Waals surface area contributed by atoms with Crippen molar-refractivity contribution in [2.75, 3.05) is 13.1 Å². The summed E-state index contributed by atoms with van der Waals surface area (Å²) in [5.41, 5.74) is 0.182. The number of nitrogens with zero attached hydrogens (tertiary/aromatic N) is 2. The Hall–Kier alpha value is -1.92. The first-order chi connectivity index (χ1) is 9.00. The number of alkyl halides is 2. The predicted octanol–water partition coefficient (Wildman–Crippen LogP) is 0.714. The maximum Gasteiger partial charge on any atom is 0.271 e. The van der Waals surface area contributed by atoms with Crippen molar-refractivity contribution in [1.29, 1.82) is 0 Å². The summed E-state index contributed by atoms with van der Waals surface area (Å²) < 4.78 is 26.0. The molecule has 0 aromatic carbocycles. The second-order valence-corrected chi connectivity index (χ2v) is 4.40. The zero-order valence-electron chi connectivity index (χ0n) is 10.5. The second-order valence-electron chi connectivity index (χ2n) is 4.40. The summed E-state index contributed by atoms with van der Waals surface area (Å²) in [6.07, 6.45) is -1.09. The van der Waals surface area contributed by atoms with E-state index in [1.165, 1.54) is 21.7 Å². The first kappa shape index (κ1) is 13.5. The third kappa shape index (κ3) is 2.74. The van der Waals surface area contributed by atoms with Crippen LogP contribution in [0.25, 0.3) is 0 Å². The molecule has 1 N–H and O–H groups in total. The molecule has 5 nitrogen and oxygen atoms in total. The maximum atomic E-state index is 12.4. The number of hydrogen-bond acceptors (Lipinski definition) is 2. The molecular weight excluding hydrogens is 256 g/mol. The molecule has 1 fully saturated rings. The fourth-order valence-electron chi connectivity index (χ4n) is 2.12. The third-order valence-corrected chi connectivity index (χ3v) is 3.14. The summed E-state index contributed by atoms with van der Waals surface area (Å²) in [7, 11) is 0. The highest BCUT2D eigenvalue weighted by atomic mass is 19.3. The number of rotatable bonds is 3. The van der Waals surface area contributed by atoms with Crippen LogP contribution in [-0.4, -0.2) is 46.8 Å². The van der Waals surface area contributed by atoms with Crippen molar-refractivity contribution < 1.29 is 18.4 Å². The van der Waals surface area contributed by atoms with E-state index in [1.807, 2.05) is 0 Å². The van der Waals surface area contributed by atoms with Crippen LogP contribution in [0.4, 0.5) is 8.78 Å². The van der Waals surface area contributed by atoms with Gasteiger partial charge in [-0.1, -0.05) is 0 Å². The highest BCUT2D eigenvalue weighted by Crippen LogP contribution is 2.13. The predicted molar refractivity (Wildman–Crippen MR) is 63.9 cm³/mol. The van der Waals surface area contributed by atoms with E-state index in [2.05, 4.69) is 5.32 Å². The number of piperazine rings is 1. The van der Waals surface area contributed by atoms with Crippen LogP contribution in [0.5, 0.6) is 0 Å². The minimum atomic E-state index is -2.53. The van der Waals surface area contributed by atoms with E-state index in [-0.39, 0.29) is 11.6 Å². The van der Waals surface area contributed by atoms with Crippen molar-refractivity contribution in [2.24, 2.45) is 0 Å². The number of halogens is 2. The average molecular weight is 271 g/mol. The van der Waals surface area contributed by atoms with Crippen molar-refractivity contribution >= 4 is 11.8 Å². The Labute approximate surface area is 109 Å². The van der Waals surface area contributed by atoms with Crippen LogP contribution < -0.4 is 5.32 Å². The Bertz CT molecular complexity index is 487. The normalized spacial score (nSPS) is 19.7. The molecule has 2 amide bonds. The van der Waals surface area contributed by atoms with Gasteiger partial charge < -0.3 is 14.8 Å². The summed E-state index contributed by atoms with van der Waals surface area (Å²) in [5, 5.41) is 2.65. The Kier molecular flexibility index (Phi) is 3.82. The van der Waals surface area contributed by atoms with Gasteiger partial charge in [-0.25, -0.2) is 8.78 Å². The molecule has 1 aliphatic rings. The summed E-state index contributed by atoms with van der Waals surface area (Å²) in [4.78, 5) is 25.2. The molecule has 1 unspecified atom stereocenters. The molecule has 1 aliphatic heterocycles. The maximum absolute atomic E-state index is 12.4. The average Bonchev–Trinajstić information content (AvgIpc) is 2.79. The van der Waals surface area contributed by atoms with Crippen molar-refractivity contribution in [3.05, 3.63) is 24.0 Å². The number of nitrogens with one attached hydrogen (secondary N) is 1. The zero-order chi connectivity index (χ0) is 14.0. The zero-order valence-corrected chi connectivity index (χ0v) is 10.5. The van der Waals surface area contributed by atoms with Gasteiger partial charge in [-0.15, -0.1) is 0 Å². The van der Waals surface area contributed by atoms with E-state index >= 15 is 0 Å². The smallest absolute Gasteiger partial charge is 0.271 e. The molecular formula is C12H15F2N3O2. The summed E-state index contributed by atoms with van der Waals surface area (Å²) >= 11 is 0. The monoisotopic (exact) mass is 271 g/mol. The van der Waals surface area contributed by atoms with Gasteiger partial charge >= 0.3 is 0 Å². The van der Waals surface area contributed by atoms with E-state index < -0.39 is 24.9 Å². The number of carbonyl (C=O) groups excluding carboxylic acids is 2. The molecule has 0 aliphatic carbocycles. The lowest BCUT2D eigenvalue weighted by Crippen LogP contribution is -2.56. The van der Waals surface area contributed by atoms with E-state index in [0.717, 1.165) is 0 Å². The van der Waals surface area contributed by atoms with Crippen LogP contribution in [0.3, 0.4) is 0 Å². The lowest BCUT2D eigenvalue weighted by Gasteiger charge is -2.33. The van der Waals surface area contributed by atoms with Crippen molar-refractivity contribution in [1.82, 2.24) is 14.8 Å². The van der Waals surface area contributed by atoms with Crippen LogP contribution in [0.2, 0.25) is 0 Å². The molecule has 7 heteroatoms. The highest BCUT2D eigenvalue weighted by molar-refractivity contribution is 5.97. The minimum Gasteiger partial charge on any atom is -0.353 e. The fourth-order valence-corrected chi connectivity index (χ4v) is 2.12. The van der Waals surface area contributed by atoms with E-state index in [9.17, 15) is 18.4 Å². The molecule has 1 aromatic heterocycles. The molecule has 0 radical (unpaired) electrons. The van der Waals surface area contributed by atoms with Gasteiger partial charge in [0.15, 0.2) is 0 Å². The van der Waals surface area contributed by atoms with Crippen LogP contribution in [0, 0.1) is 0 Å². The molecule has 0 bridgehead atoms. The molecule has 0 saturated carbocycles. The SMILES string of the molecule is CC1C(=O)NCCN1C(=O)c1cccn1CC(F)F. The third-order valence-electron chi connectivity index (χ3n) is 3.14. The van der Waals surface area contributed by atoms with Gasteiger partial charge in [0.2, 0.25) is 5.91 Å². The standard InChI is InChI=1S/C12H15F2N3O2/c1-8-11(18)15-4-6-17(8)12(19)9-3-2-5-16(9)7-10(13)14/h2-3,5,8,10H,4,6-7H2,1H3,(H,15,18). The van der Waals surface area contributed by atoms with Gasteiger partial charge in [-0.3, -0.25) is 9.59 Å². The molecule has 104 valence electrons. The Morgan fingerprint density at radius 1 is 1.58 bits per heavy atom. The molecule has 19 heavy (non-hydrogen) atoms. The van der Waals surface area contributed by atoms with Crippen molar-refractivity contribution in [2.45, 2.75) is 25.9 Å². The van der Waals surface area contributed by atoms with E-state index in [1.54, 1.807) is 13.0 Å². The van der Waals surface area contributed by atoms with Crippen LogP contribution in [-0.2, 0) is 11.3 Å². The number of carbonyl (C=O) groups is 2. The molecule has 2 heterocycles. The fraction of sp³-hybridized carbons (Fsp3) is 0.500. The lowest BCUT2D eigenvalue weighted by atomic mass is 10.2. The number of hydrogen-bond donors (Lipinski definition) is 1. The summed E-state index contributed by atoms with van der Waals surface area (Å²) in [5.74, 6) is -0.625. The Morgan fingerprint density at radius 3 is 3.00 bits per heavy atom. The van der Waals surface area contributed by atoms with Gasteiger partial charge in [-0.05, 0) is 19.1 Å². The number of amides is 2. The highest BCUT2D eigenvalue weighted by Gasteiger charge is 2.31. The summed E-state index contributed by atoms with van der Waals surface area (Å²) in [6.45, 7) is 1.85. The quantitative estimate of drug-likeness (QED) is 0.880. The van der Waals surface area contributed by atoms with Crippen LogP contribution in [0.15, 0.2) is 18.3 Å². The first-order valence-corrected chi connectivity index (χ1v) is 6.02. The van der Waals surface area contributed by atoms with E-state index in [4.69, 9.17) is 0 Å². The van der Waals surface area contributed by atoms with Crippen molar-refractivity contribution in [3.8, 4) is 0 Å².